The number of carbonyl (C=O) groups excluding carboxylic acids is 2. The molecule has 0 saturated carbocycles. The molecule has 0 heterocycles. The van der Waals surface area contributed by atoms with Gasteiger partial charge in [-0.1, -0.05) is 63.8 Å². The van der Waals surface area contributed by atoms with Gasteiger partial charge in [0, 0.05) is 19.0 Å². The van der Waals surface area contributed by atoms with E-state index in [0.29, 0.717) is 13.1 Å². The van der Waals surface area contributed by atoms with Crippen molar-refractivity contribution in [3.05, 3.63) is 35.4 Å². The smallest absolute Gasteiger partial charge is 0.240 e. The Labute approximate surface area is 182 Å². The molecule has 0 aromatic heterocycles. The lowest BCUT2D eigenvalue weighted by atomic mass is 9.83. The number of fused-ring (bicyclic) bond motifs is 1. The minimum absolute atomic E-state index is 0.0192. The van der Waals surface area contributed by atoms with Crippen LogP contribution in [0.1, 0.15) is 82.8 Å². The number of aryl methyl sites for hydroxylation is 1. The third-order valence-corrected chi connectivity index (χ3v) is 6.31. The number of hydrogen-bond donors (Lipinski definition) is 3. The average Bonchev–Trinajstić information content (AvgIpc) is 2.77. The quantitative estimate of drug-likeness (QED) is 0.427. The van der Waals surface area contributed by atoms with E-state index in [1.54, 1.807) is 0 Å². The van der Waals surface area contributed by atoms with Crippen molar-refractivity contribution in [1.29, 1.82) is 0 Å². The molecule has 1 aliphatic carbocycles. The maximum atomic E-state index is 12.6. The fraction of sp³-hybridized carbons (Fsp3) is 0.680. The Hall–Kier alpha value is -1.88. The summed E-state index contributed by atoms with van der Waals surface area (Å²) in [7, 11) is 0. The first-order valence-corrected chi connectivity index (χ1v) is 11.9. The minimum Gasteiger partial charge on any atom is -0.356 e. The molecule has 1 aliphatic rings. The van der Waals surface area contributed by atoms with Crippen LogP contribution in [-0.2, 0) is 22.4 Å². The number of hydrogen-bond acceptors (Lipinski definition) is 3. The first kappa shape index (κ1) is 24.4. The molecule has 4 N–H and O–H groups in total. The van der Waals surface area contributed by atoms with Crippen LogP contribution in [0, 0.1) is 5.92 Å². The number of nitrogens with two attached hydrogens (primary N) is 1. The zero-order chi connectivity index (χ0) is 21.8. The molecule has 1 aromatic rings. The molecular weight excluding hydrogens is 374 g/mol. The van der Waals surface area contributed by atoms with Crippen LogP contribution >= 0.6 is 0 Å². The van der Waals surface area contributed by atoms with Crippen molar-refractivity contribution in [2.45, 2.75) is 90.0 Å². The second kappa shape index (κ2) is 12.7. The molecule has 5 nitrogen and oxygen atoms in total. The topological polar surface area (TPSA) is 84.2 Å². The van der Waals surface area contributed by atoms with Gasteiger partial charge in [0.2, 0.25) is 11.8 Å². The molecule has 0 radical (unpaired) electrons. The van der Waals surface area contributed by atoms with Crippen molar-refractivity contribution in [2.75, 3.05) is 13.1 Å². The van der Waals surface area contributed by atoms with Crippen molar-refractivity contribution in [3.8, 4) is 0 Å². The number of amides is 2. The first-order chi connectivity index (χ1) is 14.5. The average molecular weight is 416 g/mol. The van der Waals surface area contributed by atoms with Gasteiger partial charge in [0.05, 0.1) is 5.54 Å². The molecule has 0 spiro atoms. The van der Waals surface area contributed by atoms with Crippen LogP contribution in [0.25, 0.3) is 0 Å². The Kier molecular flexibility index (Phi) is 10.4. The zero-order valence-electron chi connectivity index (χ0n) is 19.0. The van der Waals surface area contributed by atoms with Gasteiger partial charge in [-0.15, -0.1) is 0 Å². The monoisotopic (exact) mass is 415 g/mol. The van der Waals surface area contributed by atoms with E-state index < -0.39 is 5.54 Å². The summed E-state index contributed by atoms with van der Waals surface area (Å²) >= 11 is 0. The minimum atomic E-state index is -0.739. The van der Waals surface area contributed by atoms with Crippen LogP contribution in [-0.4, -0.2) is 30.4 Å². The van der Waals surface area contributed by atoms with Gasteiger partial charge in [0.15, 0.2) is 0 Å². The maximum Gasteiger partial charge on any atom is 0.240 e. The molecule has 1 atom stereocenters. The lowest BCUT2D eigenvalue weighted by molar-refractivity contribution is -0.127. The van der Waals surface area contributed by atoms with Gasteiger partial charge in [-0.05, 0) is 56.1 Å². The zero-order valence-corrected chi connectivity index (χ0v) is 19.0. The Morgan fingerprint density at radius 2 is 1.57 bits per heavy atom. The normalized spacial score (nSPS) is 16.0. The van der Waals surface area contributed by atoms with Crippen LogP contribution in [0.5, 0.6) is 0 Å². The van der Waals surface area contributed by atoms with Gasteiger partial charge in [0.25, 0.3) is 0 Å². The molecule has 0 bridgehead atoms. The molecule has 0 fully saturated rings. The van der Waals surface area contributed by atoms with Crippen LogP contribution in [0.4, 0.5) is 0 Å². The number of benzene rings is 1. The summed E-state index contributed by atoms with van der Waals surface area (Å²) < 4.78 is 0. The van der Waals surface area contributed by atoms with Crippen molar-refractivity contribution in [1.82, 2.24) is 10.6 Å². The molecule has 2 amide bonds. The number of rotatable bonds is 13. The van der Waals surface area contributed by atoms with E-state index in [9.17, 15) is 9.59 Å². The molecular formula is C25H41N3O2. The molecule has 5 heteroatoms. The summed E-state index contributed by atoms with van der Waals surface area (Å²) in [5.74, 6) is 0.220. The molecule has 1 unspecified atom stereocenters. The number of nitrogens with one attached hydrogen (secondary N) is 2. The second-order valence-electron chi connectivity index (χ2n) is 8.83. The highest BCUT2D eigenvalue weighted by Gasteiger charge is 2.32. The summed E-state index contributed by atoms with van der Waals surface area (Å²) in [5, 5.41) is 6.11. The van der Waals surface area contributed by atoms with Crippen LogP contribution in [0.15, 0.2) is 24.3 Å². The third-order valence-electron chi connectivity index (χ3n) is 6.31. The second-order valence-corrected chi connectivity index (χ2v) is 8.83. The molecule has 168 valence electrons. The fourth-order valence-corrected chi connectivity index (χ4v) is 4.24. The molecule has 0 aliphatic heterocycles. The molecule has 2 rings (SSSR count). The summed E-state index contributed by atoms with van der Waals surface area (Å²) in [6.07, 6.45) is 9.99. The van der Waals surface area contributed by atoms with Gasteiger partial charge in [0.1, 0.15) is 0 Å². The van der Waals surface area contributed by atoms with E-state index >= 15 is 0 Å². The number of carbonyl (C=O) groups is 2. The highest BCUT2D eigenvalue weighted by molar-refractivity contribution is 5.86. The van der Waals surface area contributed by atoms with E-state index in [1.165, 1.54) is 11.1 Å². The lowest BCUT2D eigenvalue weighted by Gasteiger charge is -2.28. The highest BCUT2D eigenvalue weighted by atomic mass is 16.2. The third kappa shape index (κ3) is 7.42. The van der Waals surface area contributed by atoms with Crippen LogP contribution < -0.4 is 16.4 Å². The maximum absolute atomic E-state index is 12.6. The van der Waals surface area contributed by atoms with Crippen LogP contribution in [0.2, 0.25) is 0 Å². The predicted molar refractivity (Wildman–Crippen MR) is 123 cm³/mol. The Morgan fingerprint density at radius 3 is 2.20 bits per heavy atom. The Bertz CT molecular complexity index is 666. The highest BCUT2D eigenvalue weighted by Crippen LogP contribution is 2.25. The first-order valence-electron chi connectivity index (χ1n) is 11.9. The lowest BCUT2D eigenvalue weighted by Crippen LogP contribution is -2.54. The standard InChI is InChI=1S/C25H41N3O2/c1-3-5-15-25(26,16-6-4-2)24(30)28-18-10-9-17-27-23(29)22-14-13-20-11-7-8-12-21(20)19-22/h7-8,11-12,22H,3-6,9-10,13-19,26H2,1-2H3,(H,27,29)(H,28,30). The van der Waals surface area contributed by atoms with E-state index in [-0.39, 0.29) is 17.7 Å². The Morgan fingerprint density at radius 1 is 0.967 bits per heavy atom. The van der Waals surface area contributed by atoms with Crippen LogP contribution in [0.3, 0.4) is 0 Å². The van der Waals surface area contributed by atoms with Crippen molar-refractivity contribution >= 4 is 11.8 Å². The van der Waals surface area contributed by atoms with Gasteiger partial charge in [-0.3, -0.25) is 9.59 Å². The predicted octanol–water partition coefficient (Wildman–Crippen LogP) is 3.88. The summed E-state index contributed by atoms with van der Waals surface area (Å²) in [6, 6.07) is 8.42. The largest absolute Gasteiger partial charge is 0.356 e. The summed E-state index contributed by atoms with van der Waals surface area (Å²) in [6.45, 7) is 5.52. The van der Waals surface area contributed by atoms with E-state index in [4.69, 9.17) is 5.73 Å². The SMILES string of the molecule is CCCCC(N)(CCCC)C(=O)NCCCCNC(=O)C1CCc2ccccc2C1. The van der Waals surface area contributed by atoms with Gasteiger partial charge >= 0.3 is 0 Å². The van der Waals surface area contributed by atoms with E-state index in [0.717, 1.165) is 70.6 Å². The van der Waals surface area contributed by atoms with E-state index in [1.807, 2.05) is 6.07 Å². The van der Waals surface area contributed by atoms with Crippen molar-refractivity contribution in [3.63, 3.8) is 0 Å². The molecule has 0 saturated heterocycles. The van der Waals surface area contributed by atoms with E-state index in [2.05, 4.69) is 42.7 Å². The number of unbranched alkanes of at least 4 members (excludes halogenated alkanes) is 3. The van der Waals surface area contributed by atoms with Gasteiger partial charge in [-0.2, -0.15) is 0 Å². The van der Waals surface area contributed by atoms with Gasteiger partial charge in [-0.25, -0.2) is 0 Å². The Balaban J connectivity index is 1.64. The molecule has 1 aromatic carbocycles. The summed E-state index contributed by atoms with van der Waals surface area (Å²) in [5.41, 5.74) is 8.39. The summed E-state index contributed by atoms with van der Waals surface area (Å²) in [4.78, 5) is 25.1. The van der Waals surface area contributed by atoms with Crippen molar-refractivity contribution in [2.24, 2.45) is 11.7 Å². The van der Waals surface area contributed by atoms with Crippen molar-refractivity contribution < 1.29 is 9.59 Å². The fourth-order valence-electron chi connectivity index (χ4n) is 4.24. The molecule has 30 heavy (non-hydrogen) atoms. The van der Waals surface area contributed by atoms with Gasteiger partial charge < -0.3 is 16.4 Å².